The van der Waals surface area contributed by atoms with Crippen molar-refractivity contribution in [3.05, 3.63) is 71.0 Å². The molecule has 4 rings (SSSR count). The third-order valence-corrected chi connectivity index (χ3v) is 5.72. The van der Waals surface area contributed by atoms with Gasteiger partial charge in [-0.25, -0.2) is 4.39 Å². The predicted octanol–water partition coefficient (Wildman–Crippen LogP) is 3.71. The number of benzene rings is 2. The van der Waals surface area contributed by atoms with E-state index in [1.807, 2.05) is 24.3 Å². The summed E-state index contributed by atoms with van der Waals surface area (Å²) in [5, 5.41) is 20.3. The Morgan fingerprint density at radius 3 is 2.44 bits per heavy atom. The number of halogens is 1. The van der Waals surface area contributed by atoms with Gasteiger partial charge in [0.1, 0.15) is 5.82 Å². The zero-order chi connectivity index (χ0) is 17.4. The lowest BCUT2D eigenvalue weighted by Crippen LogP contribution is -2.49. The maximum atomic E-state index is 14.4. The van der Waals surface area contributed by atoms with Crippen molar-refractivity contribution in [2.45, 2.75) is 49.9 Å². The molecule has 2 atom stereocenters. The second-order valence-electron chi connectivity index (χ2n) is 7.29. The highest BCUT2D eigenvalue weighted by atomic mass is 19.1. The first-order valence-corrected chi connectivity index (χ1v) is 8.81. The topological polar surface area (TPSA) is 47.3 Å². The third-order valence-electron chi connectivity index (χ3n) is 5.72. The fourth-order valence-electron chi connectivity index (χ4n) is 4.54. The van der Waals surface area contributed by atoms with E-state index in [1.165, 1.54) is 23.8 Å². The first kappa shape index (κ1) is 16.3. The van der Waals surface area contributed by atoms with Crippen LogP contribution in [0.3, 0.4) is 0 Å². The third kappa shape index (κ3) is 2.95. The minimum atomic E-state index is -1.18. The molecule has 2 aromatic carbocycles. The van der Waals surface area contributed by atoms with E-state index in [2.05, 4.69) is 17.0 Å². The minimum Gasteiger partial charge on any atom is -0.385 e. The number of hydrogen-bond donors (Lipinski definition) is 1. The first-order chi connectivity index (χ1) is 12.1. The first-order valence-electron chi connectivity index (χ1n) is 8.81. The van der Waals surface area contributed by atoms with Crippen molar-refractivity contribution in [1.82, 2.24) is 4.90 Å². The molecule has 0 aliphatic carbocycles. The molecule has 2 fully saturated rings. The summed E-state index contributed by atoms with van der Waals surface area (Å²) in [6.45, 7) is 0.868. The van der Waals surface area contributed by atoms with Crippen molar-refractivity contribution in [3.63, 3.8) is 0 Å². The van der Waals surface area contributed by atoms with Gasteiger partial charge in [0, 0.05) is 24.2 Å². The monoisotopic (exact) mass is 336 g/mol. The average molecular weight is 336 g/mol. The Morgan fingerprint density at radius 1 is 1.12 bits per heavy atom. The van der Waals surface area contributed by atoms with Crippen molar-refractivity contribution in [2.24, 2.45) is 0 Å². The number of nitrogens with zero attached hydrogens (tertiary/aromatic N) is 2. The molecule has 2 saturated heterocycles. The fourth-order valence-corrected chi connectivity index (χ4v) is 4.54. The molecule has 2 aromatic rings. The maximum Gasteiger partial charge on any atom is 0.129 e. The molecule has 2 aliphatic rings. The van der Waals surface area contributed by atoms with Crippen molar-refractivity contribution in [3.8, 4) is 6.07 Å². The molecule has 0 amide bonds. The lowest BCUT2D eigenvalue weighted by Gasteiger charge is -2.44. The zero-order valence-corrected chi connectivity index (χ0v) is 14.0. The average Bonchev–Trinajstić information content (AvgIpc) is 2.87. The van der Waals surface area contributed by atoms with Gasteiger partial charge >= 0.3 is 0 Å². The van der Waals surface area contributed by atoms with E-state index in [9.17, 15) is 9.50 Å². The Bertz CT molecular complexity index is 800. The van der Waals surface area contributed by atoms with Gasteiger partial charge in [0.15, 0.2) is 0 Å². The lowest BCUT2D eigenvalue weighted by atomic mass is 9.79. The van der Waals surface area contributed by atoms with Crippen LogP contribution in [0, 0.1) is 17.1 Å². The van der Waals surface area contributed by atoms with Crippen molar-refractivity contribution < 1.29 is 9.50 Å². The van der Waals surface area contributed by atoms with Gasteiger partial charge in [0.2, 0.25) is 0 Å². The summed E-state index contributed by atoms with van der Waals surface area (Å²) < 4.78 is 14.4. The van der Waals surface area contributed by atoms with Crippen LogP contribution in [0.2, 0.25) is 0 Å². The molecule has 2 bridgehead atoms. The number of fused-ring (bicyclic) bond motifs is 2. The molecular weight excluding hydrogens is 315 g/mol. The van der Waals surface area contributed by atoms with Crippen molar-refractivity contribution in [1.29, 1.82) is 5.26 Å². The zero-order valence-electron chi connectivity index (χ0n) is 14.0. The molecule has 3 nitrogen and oxygen atoms in total. The lowest BCUT2D eigenvalue weighted by molar-refractivity contribution is -0.0615. The Morgan fingerprint density at radius 2 is 1.80 bits per heavy atom. The van der Waals surface area contributed by atoms with Gasteiger partial charge in [0.05, 0.1) is 17.2 Å². The van der Waals surface area contributed by atoms with Crippen LogP contribution in [0.4, 0.5) is 4.39 Å². The SMILES string of the molecule is N#Cc1ccc(F)c(C2(O)CC3CCC(C2)N3Cc2ccccc2)c1. The maximum absolute atomic E-state index is 14.4. The second kappa shape index (κ2) is 6.25. The highest BCUT2D eigenvalue weighted by Gasteiger charge is 2.49. The van der Waals surface area contributed by atoms with E-state index in [1.54, 1.807) is 0 Å². The van der Waals surface area contributed by atoms with Gasteiger partial charge in [-0.3, -0.25) is 4.90 Å². The molecule has 0 radical (unpaired) electrons. The summed E-state index contributed by atoms with van der Waals surface area (Å²) in [7, 11) is 0. The van der Waals surface area contributed by atoms with Crippen molar-refractivity contribution in [2.75, 3.05) is 0 Å². The van der Waals surface area contributed by atoms with E-state index in [0.29, 0.717) is 18.4 Å². The van der Waals surface area contributed by atoms with E-state index >= 15 is 0 Å². The van der Waals surface area contributed by atoms with Crippen LogP contribution < -0.4 is 0 Å². The predicted molar refractivity (Wildman–Crippen MR) is 93.0 cm³/mol. The highest BCUT2D eigenvalue weighted by Crippen LogP contribution is 2.46. The van der Waals surface area contributed by atoms with Gasteiger partial charge in [-0.1, -0.05) is 30.3 Å². The largest absolute Gasteiger partial charge is 0.385 e. The molecule has 2 heterocycles. The van der Waals surface area contributed by atoms with E-state index in [0.717, 1.165) is 19.4 Å². The molecule has 0 saturated carbocycles. The van der Waals surface area contributed by atoms with Crippen LogP contribution in [0.5, 0.6) is 0 Å². The summed E-state index contributed by atoms with van der Waals surface area (Å²) >= 11 is 0. The van der Waals surface area contributed by atoms with Gasteiger partial charge in [-0.15, -0.1) is 0 Å². The molecule has 0 spiro atoms. The molecular formula is C21H21FN2O. The number of rotatable bonds is 3. The van der Waals surface area contributed by atoms with Gasteiger partial charge in [-0.05, 0) is 49.4 Å². The molecule has 0 aromatic heterocycles. The van der Waals surface area contributed by atoms with E-state index in [4.69, 9.17) is 5.26 Å². The van der Waals surface area contributed by atoms with Gasteiger partial charge in [0.25, 0.3) is 0 Å². The quantitative estimate of drug-likeness (QED) is 0.929. The summed E-state index contributed by atoms with van der Waals surface area (Å²) in [6, 6.07) is 17.1. The van der Waals surface area contributed by atoms with Crippen LogP contribution in [0.1, 0.15) is 42.4 Å². The van der Waals surface area contributed by atoms with E-state index in [-0.39, 0.29) is 17.6 Å². The number of hydrogen-bond acceptors (Lipinski definition) is 3. The number of aliphatic hydroxyl groups is 1. The summed E-state index contributed by atoms with van der Waals surface area (Å²) in [5.74, 6) is -0.419. The Hall–Kier alpha value is -2.22. The molecule has 1 N–H and O–H groups in total. The van der Waals surface area contributed by atoms with Crippen molar-refractivity contribution >= 4 is 0 Å². The number of piperidine rings is 1. The van der Waals surface area contributed by atoms with E-state index < -0.39 is 11.4 Å². The minimum absolute atomic E-state index is 0.245. The molecule has 4 heteroatoms. The van der Waals surface area contributed by atoms with Gasteiger partial charge < -0.3 is 5.11 Å². The summed E-state index contributed by atoms with van der Waals surface area (Å²) in [4.78, 5) is 2.45. The van der Waals surface area contributed by atoms with Crippen LogP contribution in [-0.2, 0) is 12.1 Å². The fraction of sp³-hybridized carbons (Fsp3) is 0.381. The Balaban J connectivity index is 1.60. The van der Waals surface area contributed by atoms with Crippen LogP contribution in [-0.4, -0.2) is 22.1 Å². The van der Waals surface area contributed by atoms with Crippen LogP contribution in [0.15, 0.2) is 48.5 Å². The Kier molecular flexibility index (Phi) is 4.07. The summed E-state index contributed by atoms with van der Waals surface area (Å²) in [5.41, 5.74) is 0.755. The van der Waals surface area contributed by atoms with Crippen LogP contribution in [0.25, 0.3) is 0 Å². The number of nitriles is 1. The molecule has 25 heavy (non-hydrogen) atoms. The smallest absolute Gasteiger partial charge is 0.129 e. The standard InChI is InChI=1S/C21H21FN2O/c22-20-9-6-16(13-23)10-19(20)21(25)11-17-7-8-18(12-21)24(17)14-15-4-2-1-3-5-15/h1-6,9-10,17-18,25H,7-8,11-12,14H2. The normalized spacial score (nSPS) is 28.7. The Labute approximate surface area is 147 Å². The van der Waals surface area contributed by atoms with Gasteiger partial charge in [-0.2, -0.15) is 5.26 Å². The second-order valence-corrected chi connectivity index (χ2v) is 7.29. The molecule has 128 valence electrons. The summed E-state index contributed by atoms with van der Waals surface area (Å²) in [6.07, 6.45) is 3.09. The van der Waals surface area contributed by atoms with Crippen LogP contribution >= 0.6 is 0 Å². The molecule has 2 unspecified atom stereocenters. The highest BCUT2D eigenvalue weighted by molar-refractivity contribution is 5.37. The molecule has 2 aliphatic heterocycles.